The molecule has 0 bridgehead atoms. The summed E-state index contributed by atoms with van der Waals surface area (Å²) in [5.74, 6) is 0.680. The van der Waals surface area contributed by atoms with Crippen LogP contribution in [0.15, 0.2) is 79.0 Å². The molecule has 6 N–H and O–H groups in total. The molecule has 8 rings (SSSR count). The summed E-state index contributed by atoms with van der Waals surface area (Å²) in [6, 6.07) is 24.4. The van der Waals surface area contributed by atoms with Crippen LogP contribution in [0.2, 0.25) is 5.02 Å². The quantitative estimate of drug-likeness (QED) is 0.0351. The Kier molecular flexibility index (Phi) is 19.4. The van der Waals surface area contributed by atoms with Gasteiger partial charge in [-0.25, -0.2) is 4.31 Å². The number of fused-ring (bicyclic) bond motifs is 2. The van der Waals surface area contributed by atoms with Crippen molar-refractivity contribution in [3.8, 4) is 16.2 Å². The van der Waals surface area contributed by atoms with Gasteiger partial charge in [-0.3, -0.25) is 29.3 Å². The standard InChI is InChI=1S/C51H55ClN6O6S2.2CH4O/c1-51(2)28-38(55-37-8-4-6-35(27-37)49-47(52)48(64-25-24-59)44(30-61)66-49)19-23-58(51)65-31-32-10-11-34-17-21-53-20-16-33(18-22-54-41(34)26-32)39-12-13-42(46-36(29-60)7-5-9-40(39)46)57(3)43-14-15-45(62)56-50(43)63;2*1-2/h4-13,17,21,24,26-27,29-30,33,38,43,53-55H,14-16,18-20,22-23,25,28,31H2,1-3H3,(H,56,62,63);2*2H,1H3/b21-17+;;. The predicted octanol–water partition coefficient (Wildman–Crippen LogP) is 8.94. The van der Waals surface area contributed by atoms with Gasteiger partial charge in [0.1, 0.15) is 22.5 Å². The van der Waals surface area contributed by atoms with E-state index in [-0.39, 0.29) is 48.1 Å². The first kappa shape index (κ1) is 53.6. The van der Waals surface area contributed by atoms with E-state index in [1.54, 1.807) is 0 Å². The Balaban J connectivity index is 0.00000196. The summed E-state index contributed by atoms with van der Waals surface area (Å²) in [6.45, 7) is 6.88. The third-order valence-corrected chi connectivity index (χ3v) is 15.9. The molecule has 3 aliphatic rings. The minimum Gasteiger partial charge on any atom is -0.483 e. The van der Waals surface area contributed by atoms with E-state index in [1.807, 2.05) is 72.6 Å². The number of carbonyl (C=O) groups is 5. The highest BCUT2D eigenvalue weighted by molar-refractivity contribution is 7.96. The first-order valence-electron chi connectivity index (χ1n) is 23.3. The first-order valence-corrected chi connectivity index (χ1v) is 25.5. The number of imide groups is 1. The number of piperidine rings is 2. The Hall–Kier alpha value is -5.75. The average Bonchev–Trinajstić information content (AvgIpc) is 3.67. The van der Waals surface area contributed by atoms with Crippen LogP contribution in [-0.4, -0.2) is 110 Å². The molecular weight excluding hydrogens is 948 g/mol. The number of anilines is 3. The van der Waals surface area contributed by atoms with Gasteiger partial charge in [0.15, 0.2) is 24.6 Å². The molecule has 5 aromatic rings. The van der Waals surface area contributed by atoms with Crippen LogP contribution in [-0.2, 0) is 20.1 Å². The molecule has 1 aromatic heterocycles. The lowest BCUT2D eigenvalue weighted by molar-refractivity contribution is -0.134. The maximum absolute atomic E-state index is 12.9. The van der Waals surface area contributed by atoms with E-state index in [0.717, 1.165) is 121 Å². The van der Waals surface area contributed by atoms with E-state index in [1.165, 1.54) is 16.9 Å². The van der Waals surface area contributed by atoms with E-state index in [0.29, 0.717) is 34.5 Å². The largest absolute Gasteiger partial charge is 0.483 e. The molecule has 4 aromatic carbocycles. The molecule has 0 radical (unpaired) electrons. The number of hydrogen-bond donors (Lipinski definition) is 6. The molecule has 4 heterocycles. The molecular formula is C53H63ClN6O8S2. The molecule has 3 unspecified atom stereocenters. The number of aldehydes is 3. The van der Waals surface area contributed by atoms with Crippen LogP contribution in [0.1, 0.15) is 95.0 Å². The minimum absolute atomic E-state index is 0.0755. The molecule has 14 nitrogen and oxygen atoms in total. The Morgan fingerprint density at radius 3 is 2.49 bits per heavy atom. The number of rotatable bonds is 14. The zero-order chi connectivity index (χ0) is 50.4. The van der Waals surface area contributed by atoms with Gasteiger partial charge < -0.3 is 35.8 Å². The second-order valence-corrected chi connectivity index (χ2v) is 20.1. The summed E-state index contributed by atoms with van der Waals surface area (Å²) < 4.78 is 7.99. The van der Waals surface area contributed by atoms with Gasteiger partial charge in [-0.05, 0) is 116 Å². The number of ether oxygens (including phenoxy) is 1. The number of nitrogens with one attached hydrogen (secondary N) is 4. The van der Waals surface area contributed by atoms with Crippen LogP contribution in [0.4, 0.5) is 17.1 Å². The van der Waals surface area contributed by atoms with Crippen LogP contribution in [0.25, 0.3) is 27.3 Å². The van der Waals surface area contributed by atoms with Crippen LogP contribution in [0.3, 0.4) is 0 Å². The number of hydrogen-bond acceptors (Lipinski definition) is 15. The van der Waals surface area contributed by atoms with Gasteiger partial charge in [-0.2, -0.15) is 0 Å². The van der Waals surface area contributed by atoms with Crippen molar-refractivity contribution in [3.63, 3.8) is 0 Å². The highest BCUT2D eigenvalue weighted by Crippen LogP contribution is 2.46. The van der Waals surface area contributed by atoms with Crippen molar-refractivity contribution in [1.82, 2.24) is 14.9 Å². The lowest BCUT2D eigenvalue weighted by Gasteiger charge is -2.45. The maximum Gasteiger partial charge on any atom is 0.249 e. The van der Waals surface area contributed by atoms with Crippen molar-refractivity contribution in [3.05, 3.63) is 111 Å². The lowest BCUT2D eigenvalue weighted by atomic mass is 9.86. The van der Waals surface area contributed by atoms with Crippen LogP contribution >= 0.6 is 34.9 Å². The molecule has 0 spiro atoms. The summed E-state index contributed by atoms with van der Waals surface area (Å²) in [6.07, 6.45) is 10.7. The predicted molar refractivity (Wildman–Crippen MR) is 285 cm³/mol. The maximum atomic E-state index is 12.9. The average molecular weight is 1010 g/mol. The zero-order valence-corrected chi connectivity index (χ0v) is 42.6. The summed E-state index contributed by atoms with van der Waals surface area (Å²) >= 11 is 9.77. The molecule has 3 aliphatic heterocycles. The van der Waals surface area contributed by atoms with Crippen molar-refractivity contribution < 1.29 is 38.9 Å². The molecule has 0 saturated carbocycles. The van der Waals surface area contributed by atoms with E-state index in [2.05, 4.69) is 75.8 Å². The fraction of sp³-hybridized carbons (Fsp3) is 0.377. The number of aliphatic hydroxyl groups is 2. The van der Waals surface area contributed by atoms with E-state index >= 15 is 0 Å². The van der Waals surface area contributed by atoms with Crippen LogP contribution < -0.4 is 30.9 Å². The molecule has 70 heavy (non-hydrogen) atoms. The monoisotopic (exact) mass is 1010 g/mol. The Bertz CT molecular complexity index is 2680. The van der Waals surface area contributed by atoms with E-state index in [9.17, 15) is 24.0 Å². The number of aliphatic hydroxyl groups excluding tert-OH is 2. The lowest BCUT2D eigenvalue weighted by Crippen LogP contribution is -2.51. The second-order valence-electron chi connectivity index (χ2n) is 17.7. The van der Waals surface area contributed by atoms with Crippen molar-refractivity contribution in [2.75, 3.05) is 63.0 Å². The van der Waals surface area contributed by atoms with Gasteiger partial charge in [-0.1, -0.05) is 72.1 Å². The highest BCUT2D eigenvalue weighted by atomic mass is 35.5. The van der Waals surface area contributed by atoms with Gasteiger partial charge in [0.25, 0.3) is 0 Å². The summed E-state index contributed by atoms with van der Waals surface area (Å²) in [5, 5.41) is 29.7. The molecule has 2 fully saturated rings. The van der Waals surface area contributed by atoms with Gasteiger partial charge in [0.2, 0.25) is 11.8 Å². The molecule has 3 atom stereocenters. The van der Waals surface area contributed by atoms with Crippen molar-refractivity contribution in [2.45, 2.75) is 81.7 Å². The van der Waals surface area contributed by atoms with Crippen LogP contribution in [0, 0.1) is 0 Å². The number of thiophene rings is 1. The summed E-state index contributed by atoms with van der Waals surface area (Å²) in [5.41, 5.74) is 7.73. The first-order chi connectivity index (χ1) is 34.0. The molecule has 2 amide bonds. The number of benzene rings is 4. The van der Waals surface area contributed by atoms with Crippen LogP contribution in [0.5, 0.6) is 5.75 Å². The smallest absolute Gasteiger partial charge is 0.249 e. The fourth-order valence-corrected chi connectivity index (χ4v) is 12.1. The molecule has 17 heteroatoms. The number of carbonyl (C=O) groups excluding carboxylic acids is 5. The van der Waals surface area contributed by atoms with Gasteiger partial charge >= 0.3 is 0 Å². The number of amides is 2. The summed E-state index contributed by atoms with van der Waals surface area (Å²) in [7, 11) is 3.86. The third kappa shape index (κ3) is 12.6. The van der Waals surface area contributed by atoms with E-state index in [4.69, 9.17) is 26.6 Å². The summed E-state index contributed by atoms with van der Waals surface area (Å²) in [4.78, 5) is 62.9. The Labute approximate surface area is 423 Å². The molecule has 0 aliphatic carbocycles. The Morgan fingerprint density at radius 2 is 1.74 bits per heavy atom. The van der Waals surface area contributed by atoms with Gasteiger partial charge in [-0.15, -0.1) is 11.3 Å². The number of likely N-dealkylation sites (N-methyl/N-ethyl adjacent to an activating group) is 1. The zero-order valence-electron chi connectivity index (χ0n) is 40.3. The number of halogens is 1. The van der Waals surface area contributed by atoms with Crippen molar-refractivity contribution >= 4 is 99.5 Å². The second kappa shape index (κ2) is 25.4. The SMILES string of the molecule is CN(c1ccc(C2CCN/C=C/c3ccc(CSN4CCC(Nc5cccc(-c6sc(C=O)c(OCC=O)c6Cl)c5)CC4(C)C)cc3NCC2)c2cccc(C=O)c12)C1CCC(=O)NC1=O.CO.CO. The number of nitrogens with zero attached hydrogens (tertiary/aromatic N) is 2. The minimum atomic E-state index is -0.512. The Morgan fingerprint density at radius 1 is 0.957 bits per heavy atom. The highest BCUT2D eigenvalue weighted by Gasteiger charge is 2.36. The van der Waals surface area contributed by atoms with Crippen molar-refractivity contribution in [1.29, 1.82) is 0 Å². The fourth-order valence-electron chi connectivity index (χ4n) is 9.53. The van der Waals surface area contributed by atoms with Crippen molar-refractivity contribution in [2.24, 2.45) is 0 Å². The molecule has 2 saturated heterocycles. The van der Waals surface area contributed by atoms with E-state index < -0.39 is 6.04 Å². The van der Waals surface area contributed by atoms with Gasteiger partial charge in [0.05, 0.1) is 4.88 Å². The normalized spacial score (nSPS) is 19.4. The molecule has 372 valence electrons. The van der Waals surface area contributed by atoms with Gasteiger partial charge in [0, 0.05) is 92.7 Å². The third-order valence-electron chi connectivity index (χ3n) is 12.9. The topological polar surface area (TPSA) is 190 Å².